The highest BCUT2D eigenvalue weighted by Gasteiger charge is 2.20. The maximum Gasteiger partial charge on any atom is 0.128 e. The Balaban J connectivity index is 2.42. The fourth-order valence-corrected chi connectivity index (χ4v) is 2.44. The first-order valence-corrected chi connectivity index (χ1v) is 7.09. The lowest BCUT2D eigenvalue weighted by atomic mass is 10.0. The van der Waals surface area contributed by atoms with Crippen LogP contribution in [0.25, 0.3) is 0 Å². The second-order valence-corrected chi connectivity index (χ2v) is 5.35. The molecular formula is C14H17BrFN3. The molecule has 0 fully saturated rings. The summed E-state index contributed by atoms with van der Waals surface area (Å²) in [6.07, 6.45) is 2.72. The zero-order chi connectivity index (χ0) is 13.8. The highest BCUT2D eigenvalue weighted by atomic mass is 79.9. The predicted molar refractivity (Wildman–Crippen MR) is 77.4 cm³/mol. The normalized spacial score (nSPS) is 12.6. The van der Waals surface area contributed by atoms with Gasteiger partial charge in [-0.15, -0.1) is 0 Å². The van der Waals surface area contributed by atoms with Crippen LogP contribution in [0.15, 0.2) is 34.9 Å². The number of hydrogen-bond acceptors (Lipinski definition) is 2. The van der Waals surface area contributed by atoms with Crippen molar-refractivity contribution >= 4 is 15.9 Å². The van der Waals surface area contributed by atoms with Gasteiger partial charge in [-0.2, -0.15) is 5.10 Å². The maximum absolute atomic E-state index is 14.1. The quantitative estimate of drug-likeness (QED) is 0.912. The number of aryl methyl sites for hydroxylation is 1. The molecule has 0 saturated carbocycles. The molecule has 0 aliphatic rings. The fourth-order valence-electron chi connectivity index (χ4n) is 2.07. The molecule has 0 bridgehead atoms. The average Bonchev–Trinajstić information content (AvgIpc) is 2.80. The molecule has 3 nitrogen and oxygen atoms in total. The van der Waals surface area contributed by atoms with E-state index in [-0.39, 0.29) is 11.9 Å². The molecule has 1 aromatic carbocycles. The molecule has 2 rings (SSSR count). The highest BCUT2D eigenvalue weighted by molar-refractivity contribution is 9.10. The van der Waals surface area contributed by atoms with Gasteiger partial charge >= 0.3 is 0 Å². The van der Waals surface area contributed by atoms with Crippen LogP contribution < -0.4 is 5.32 Å². The van der Waals surface area contributed by atoms with Crippen molar-refractivity contribution < 1.29 is 4.39 Å². The Labute approximate surface area is 121 Å². The van der Waals surface area contributed by atoms with Gasteiger partial charge in [0.25, 0.3) is 0 Å². The topological polar surface area (TPSA) is 29.9 Å². The summed E-state index contributed by atoms with van der Waals surface area (Å²) in [5.41, 5.74) is 1.58. The number of hydrogen-bond donors (Lipinski definition) is 1. The predicted octanol–water partition coefficient (Wildman–Crippen LogP) is 3.41. The molecule has 1 aromatic heterocycles. The van der Waals surface area contributed by atoms with Crippen molar-refractivity contribution in [2.24, 2.45) is 7.05 Å². The van der Waals surface area contributed by atoms with E-state index in [4.69, 9.17) is 0 Å². The van der Waals surface area contributed by atoms with Gasteiger partial charge < -0.3 is 5.32 Å². The van der Waals surface area contributed by atoms with Gasteiger partial charge in [-0.3, -0.25) is 4.68 Å². The Morgan fingerprint density at radius 1 is 1.42 bits per heavy atom. The molecule has 1 heterocycles. The van der Waals surface area contributed by atoms with E-state index < -0.39 is 0 Å². The largest absolute Gasteiger partial charge is 0.305 e. The van der Waals surface area contributed by atoms with Crippen LogP contribution >= 0.6 is 15.9 Å². The van der Waals surface area contributed by atoms with E-state index >= 15 is 0 Å². The minimum atomic E-state index is -0.210. The van der Waals surface area contributed by atoms with Crippen molar-refractivity contribution in [3.8, 4) is 0 Å². The van der Waals surface area contributed by atoms with Gasteiger partial charge in [-0.05, 0) is 37.2 Å². The molecule has 0 spiro atoms. The Morgan fingerprint density at radius 2 is 2.21 bits per heavy atom. The van der Waals surface area contributed by atoms with Gasteiger partial charge in [-0.1, -0.05) is 22.9 Å². The minimum Gasteiger partial charge on any atom is -0.305 e. The van der Waals surface area contributed by atoms with Crippen LogP contribution in [-0.2, 0) is 7.05 Å². The fraction of sp³-hybridized carbons (Fsp3) is 0.357. The first-order valence-electron chi connectivity index (χ1n) is 6.29. The summed E-state index contributed by atoms with van der Waals surface area (Å²) >= 11 is 3.40. The van der Waals surface area contributed by atoms with E-state index in [0.717, 1.165) is 23.1 Å². The van der Waals surface area contributed by atoms with Gasteiger partial charge in [0.15, 0.2) is 0 Å². The van der Waals surface area contributed by atoms with Crippen molar-refractivity contribution in [3.05, 3.63) is 52.0 Å². The average molecular weight is 326 g/mol. The molecule has 0 radical (unpaired) electrons. The second kappa shape index (κ2) is 6.30. The molecule has 1 N–H and O–H groups in total. The monoisotopic (exact) mass is 325 g/mol. The Kier molecular flexibility index (Phi) is 4.71. The van der Waals surface area contributed by atoms with Crippen LogP contribution in [0.1, 0.15) is 30.6 Å². The number of nitrogens with zero attached hydrogens (tertiary/aromatic N) is 2. The number of rotatable bonds is 5. The van der Waals surface area contributed by atoms with Crippen molar-refractivity contribution in [3.63, 3.8) is 0 Å². The summed E-state index contributed by atoms with van der Waals surface area (Å²) < 4.78 is 16.7. The molecule has 5 heteroatoms. The second-order valence-electron chi connectivity index (χ2n) is 4.43. The summed E-state index contributed by atoms with van der Waals surface area (Å²) in [4.78, 5) is 0. The Morgan fingerprint density at radius 3 is 2.84 bits per heavy atom. The van der Waals surface area contributed by atoms with Crippen LogP contribution in [0, 0.1) is 5.82 Å². The van der Waals surface area contributed by atoms with E-state index in [0.29, 0.717) is 5.56 Å². The highest BCUT2D eigenvalue weighted by Crippen LogP contribution is 2.26. The SMILES string of the molecule is CCCNC(c1cc(Br)ccc1F)c1ccnn1C. The standard InChI is InChI=1S/C14H17BrFN3/c1-3-7-17-14(13-6-8-18-19(13)2)11-9-10(15)4-5-12(11)16/h4-6,8-9,14,17H,3,7H2,1-2H3. The van der Waals surface area contributed by atoms with Gasteiger partial charge in [0, 0.05) is 23.3 Å². The molecule has 2 aromatic rings. The van der Waals surface area contributed by atoms with Crippen LogP contribution in [0.3, 0.4) is 0 Å². The van der Waals surface area contributed by atoms with Crippen LogP contribution in [-0.4, -0.2) is 16.3 Å². The van der Waals surface area contributed by atoms with Crippen LogP contribution in [0.5, 0.6) is 0 Å². The molecule has 19 heavy (non-hydrogen) atoms. The smallest absolute Gasteiger partial charge is 0.128 e. The molecule has 0 aliphatic carbocycles. The first-order chi connectivity index (χ1) is 9.13. The third-order valence-electron chi connectivity index (χ3n) is 3.02. The van der Waals surface area contributed by atoms with Crippen molar-refractivity contribution in [1.29, 1.82) is 0 Å². The summed E-state index contributed by atoms with van der Waals surface area (Å²) in [6, 6.07) is 6.73. The van der Waals surface area contributed by atoms with E-state index in [2.05, 4.69) is 33.3 Å². The molecule has 0 amide bonds. The van der Waals surface area contributed by atoms with Crippen LogP contribution in [0.4, 0.5) is 4.39 Å². The maximum atomic E-state index is 14.1. The number of benzene rings is 1. The molecular weight excluding hydrogens is 309 g/mol. The summed E-state index contributed by atoms with van der Waals surface area (Å²) in [5, 5.41) is 7.54. The Hall–Kier alpha value is -1.20. The van der Waals surface area contributed by atoms with Gasteiger partial charge in [0.1, 0.15) is 5.82 Å². The van der Waals surface area contributed by atoms with Crippen molar-refractivity contribution in [2.75, 3.05) is 6.54 Å². The molecule has 0 saturated heterocycles. The third-order valence-corrected chi connectivity index (χ3v) is 3.52. The van der Waals surface area contributed by atoms with Crippen molar-refractivity contribution in [1.82, 2.24) is 15.1 Å². The van der Waals surface area contributed by atoms with E-state index in [1.807, 2.05) is 19.2 Å². The Bertz CT molecular complexity index is 553. The summed E-state index contributed by atoms with van der Waals surface area (Å²) in [5.74, 6) is -0.210. The lowest BCUT2D eigenvalue weighted by Crippen LogP contribution is -2.26. The van der Waals surface area contributed by atoms with Crippen LogP contribution in [0.2, 0.25) is 0 Å². The third kappa shape index (κ3) is 3.22. The van der Waals surface area contributed by atoms with Gasteiger partial charge in [0.05, 0.1) is 11.7 Å². The summed E-state index contributed by atoms with van der Waals surface area (Å²) in [6.45, 7) is 2.91. The van der Waals surface area contributed by atoms with Gasteiger partial charge in [-0.25, -0.2) is 4.39 Å². The number of halogens is 2. The zero-order valence-corrected chi connectivity index (χ0v) is 12.6. The molecule has 1 atom stereocenters. The van der Waals surface area contributed by atoms with E-state index in [9.17, 15) is 4.39 Å². The van der Waals surface area contributed by atoms with Crippen molar-refractivity contribution in [2.45, 2.75) is 19.4 Å². The zero-order valence-electron chi connectivity index (χ0n) is 11.0. The molecule has 0 aliphatic heterocycles. The molecule has 1 unspecified atom stereocenters. The van der Waals surface area contributed by atoms with E-state index in [1.54, 1.807) is 16.9 Å². The number of aromatic nitrogens is 2. The summed E-state index contributed by atoms with van der Waals surface area (Å²) in [7, 11) is 1.87. The minimum absolute atomic E-state index is 0.190. The van der Waals surface area contributed by atoms with E-state index in [1.165, 1.54) is 6.07 Å². The number of nitrogens with one attached hydrogen (secondary N) is 1. The molecule has 102 valence electrons. The van der Waals surface area contributed by atoms with Gasteiger partial charge in [0.2, 0.25) is 0 Å². The lowest BCUT2D eigenvalue weighted by Gasteiger charge is -2.20. The lowest BCUT2D eigenvalue weighted by molar-refractivity contribution is 0.520. The first kappa shape index (κ1) is 14.2.